The molecule has 10 heteroatoms. The minimum absolute atomic E-state index is 0.0480. The van der Waals surface area contributed by atoms with Crippen LogP contribution in [0.4, 0.5) is 5.82 Å². The Bertz CT molecular complexity index is 1250. The number of benzene rings is 1. The maximum absolute atomic E-state index is 13.9. The SMILES string of the molecule is O=C(OCc1ccc(Cl)nc1)C(C(=O)N(Cc1cnc(Cl)s1)c1ccccn1)c1ccccc1. The second-order valence-corrected chi connectivity index (χ2v) is 9.22. The molecule has 0 saturated heterocycles. The van der Waals surface area contributed by atoms with Crippen molar-refractivity contribution in [1.29, 1.82) is 0 Å². The first kappa shape index (κ1) is 23.8. The van der Waals surface area contributed by atoms with E-state index in [9.17, 15) is 9.59 Å². The first-order chi connectivity index (χ1) is 16.5. The first-order valence-corrected chi connectivity index (χ1v) is 11.7. The number of carbonyl (C=O) groups is 2. The summed E-state index contributed by atoms with van der Waals surface area (Å²) in [4.78, 5) is 41.7. The molecule has 4 aromatic rings. The van der Waals surface area contributed by atoms with Crippen molar-refractivity contribution in [2.45, 2.75) is 19.1 Å². The minimum Gasteiger partial charge on any atom is -0.460 e. The van der Waals surface area contributed by atoms with Crippen LogP contribution in [-0.2, 0) is 27.5 Å². The summed E-state index contributed by atoms with van der Waals surface area (Å²) in [6.07, 6.45) is 4.70. The van der Waals surface area contributed by atoms with Gasteiger partial charge in [-0.2, -0.15) is 0 Å². The number of halogens is 2. The van der Waals surface area contributed by atoms with E-state index in [4.69, 9.17) is 27.9 Å². The van der Waals surface area contributed by atoms with Gasteiger partial charge in [0, 0.05) is 29.0 Å². The Morgan fingerprint density at radius 1 is 0.941 bits per heavy atom. The summed E-state index contributed by atoms with van der Waals surface area (Å²) in [5, 5.41) is 0.335. The maximum Gasteiger partial charge on any atom is 0.323 e. The number of pyridine rings is 2. The zero-order valence-corrected chi connectivity index (χ0v) is 20.0. The molecule has 0 spiro atoms. The predicted octanol–water partition coefficient (Wildman–Crippen LogP) is 5.30. The molecular formula is C24H18Cl2N4O3S. The van der Waals surface area contributed by atoms with E-state index in [1.807, 2.05) is 6.07 Å². The molecule has 4 rings (SSSR count). The third kappa shape index (κ3) is 5.96. The fourth-order valence-electron chi connectivity index (χ4n) is 3.21. The average molecular weight is 513 g/mol. The van der Waals surface area contributed by atoms with E-state index in [0.717, 1.165) is 4.88 Å². The number of rotatable bonds is 8. The van der Waals surface area contributed by atoms with Crippen molar-refractivity contribution in [3.63, 3.8) is 0 Å². The summed E-state index contributed by atoms with van der Waals surface area (Å²) >= 11 is 13.1. The summed E-state index contributed by atoms with van der Waals surface area (Å²) in [5.74, 6) is -1.97. The molecule has 0 saturated carbocycles. The van der Waals surface area contributed by atoms with Gasteiger partial charge in [0.15, 0.2) is 10.4 Å². The molecule has 0 bridgehead atoms. The molecule has 0 aliphatic heterocycles. The van der Waals surface area contributed by atoms with Crippen LogP contribution in [0.3, 0.4) is 0 Å². The molecule has 0 N–H and O–H groups in total. The molecule has 3 aromatic heterocycles. The van der Waals surface area contributed by atoms with Crippen LogP contribution in [-0.4, -0.2) is 26.8 Å². The second kappa shape index (κ2) is 11.2. The third-order valence-corrected chi connectivity index (χ3v) is 6.14. The Hall–Kier alpha value is -3.33. The van der Waals surface area contributed by atoms with Gasteiger partial charge in [-0.15, -0.1) is 11.3 Å². The smallest absolute Gasteiger partial charge is 0.323 e. The number of esters is 1. The van der Waals surface area contributed by atoms with E-state index in [2.05, 4.69) is 15.0 Å². The summed E-state index contributed by atoms with van der Waals surface area (Å²) in [6, 6.07) is 17.3. The number of thiazole rings is 1. The Labute approximate surface area is 210 Å². The van der Waals surface area contributed by atoms with Gasteiger partial charge in [-0.05, 0) is 23.8 Å². The van der Waals surface area contributed by atoms with Gasteiger partial charge in [0.1, 0.15) is 17.6 Å². The lowest BCUT2D eigenvalue weighted by atomic mass is 9.97. The van der Waals surface area contributed by atoms with Gasteiger partial charge in [0.25, 0.3) is 0 Å². The zero-order chi connectivity index (χ0) is 23.9. The van der Waals surface area contributed by atoms with Gasteiger partial charge >= 0.3 is 5.97 Å². The van der Waals surface area contributed by atoms with Gasteiger partial charge in [-0.25, -0.2) is 15.0 Å². The zero-order valence-electron chi connectivity index (χ0n) is 17.7. The molecule has 1 atom stereocenters. The fourth-order valence-corrected chi connectivity index (χ4v) is 4.29. The van der Waals surface area contributed by atoms with Crippen molar-refractivity contribution in [2.24, 2.45) is 0 Å². The molecular weight excluding hydrogens is 495 g/mol. The highest BCUT2D eigenvalue weighted by atomic mass is 35.5. The maximum atomic E-state index is 13.9. The quantitative estimate of drug-likeness (QED) is 0.181. The largest absolute Gasteiger partial charge is 0.460 e. The number of hydrogen-bond donors (Lipinski definition) is 0. The lowest BCUT2D eigenvalue weighted by molar-refractivity contribution is -0.149. The van der Waals surface area contributed by atoms with Crippen molar-refractivity contribution in [2.75, 3.05) is 4.90 Å². The molecule has 3 heterocycles. The van der Waals surface area contributed by atoms with E-state index < -0.39 is 17.8 Å². The van der Waals surface area contributed by atoms with Crippen molar-refractivity contribution in [3.8, 4) is 0 Å². The first-order valence-electron chi connectivity index (χ1n) is 10.2. The Balaban J connectivity index is 1.64. The summed E-state index contributed by atoms with van der Waals surface area (Å²) < 4.78 is 5.89. The average Bonchev–Trinajstić information content (AvgIpc) is 3.28. The predicted molar refractivity (Wildman–Crippen MR) is 131 cm³/mol. The number of hydrogen-bond acceptors (Lipinski definition) is 7. The molecule has 1 aromatic carbocycles. The summed E-state index contributed by atoms with van der Waals surface area (Å²) in [7, 11) is 0. The van der Waals surface area contributed by atoms with Crippen molar-refractivity contribution in [1.82, 2.24) is 15.0 Å². The molecule has 0 aliphatic rings. The number of amides is 1. The number of aromatic nitrogens is 3. The molecule has 1 amide bonds. The van der Waals surface area contributed by atoms with Crippen molar-refractivity contribution in [3.05, 3.63) is 105 Å². The molecule has 0 radical (unpaired) electrons. The highest BCUT2D eigenvalue weighted by molar-refractivity contribution is 7.15. The molecule has 34 heavy (non-hydrogen) atoms. The highest BCUT2D eigenvalue weighted by Crippen LogP contribution is 2.27. The Kier molecular flexibility index (Phi) is 7.84. The molecule has 7 nitrogen and oxygen atoms in total. The number of ether oxygens (including phenoxy) is 1. The van der Waals surface area contributed by atoms with Crippen LogP contribution in [0.25, 0.3) is 0 Å². The normalized spacial score (nSPS) is 11.6. The third-order valence-electron chi connectivity index (χ3n) is 4.82. The lowest BCUT2D eigenvalue weighted by Crippen LogP contribution is -2.39. The van der Waals surface area contributed by atoms with E-state index in [1.165, 1.54) is 22.4 Å². The van der Waals surface area contributed by atoms with Gasteiger partial charge in [0.05, 0.1) is 6.54 Å². The van der Waals surface area contributed by atoms with Crippen LogP contribution >= 0.6 is 34.5 Å². The van der Waals surface area contributed by atoms with E-state index in [-0.39, 0.29) is 13.2 Å². The molecule has 172 valence electrons. The lowest BCUT2D eigenvalue weighted by Gasteiger charge is -2.25. The number of nitrogens with zero attached hydrogens (tertiary/aromatic N) is 4. The fraction of sp³-hybridized carbons (Fsp3) is 0.125. The standard InChI is InChI=1S/C24H18Cl2N4O3S/c25-19-10-9-16(12-28-19)15-33-23(32)21(17-6-2-1-3-7-17)22(31)30(20-8-4-5-11-27-20)14-18-13-29-24(26)34-18/h1-13,21H,14-15H2. The number of carbonyl (C=O) groups excluding carboxylic acids is 2. The monoisotopic (exact) mass is 512 g/mol. The van der Waals surface area contributed by atoms with Gasteiger partial charge in [0.2, 0.25) is 5.91 Å². The van der Waals surface area contributed by atoms with Gasteiger partial charge in [-0.1, -0.05) is 65.7 Å². The Morgan fingerprint density at radius 3 is 2.38 bits per heavy atom. The molecule has 0 aliphatic carbocycles. The Morgan fingerprint density at radius 2 is 1.74 bits per heavy atom. The number of anilines is 1. The van der Waals surface area contributed by atoms with Crippen molar-refractivity contribution < 1.29 is 14.3 Å². The second-order valence-electron chi connectivity index (χ2n) is 7.13. The van der Waals surface area contributed by atoms with Crippen molar-refractivity contribution >= 4 is 52.2 Å². The minimum atomic E-state index is -1.20. The van der Waals surface area contributed by atoms with E-state index in [1.54, 1.807) is 67.0 Å². The van der Waals surface area contributed by atoms with Crippen LogP contribution in [0.5, 0.6) is 0 Å². The van der Waals surface area contributed by atoms with Crippen LogP contribution in [0.2, 0.25) is 9.62 Å². The van der Waals surface area contributed by atoms with Gasteiger partial charge in [-0.3, -0.25) is 14.5 Å². The van der Waals surface area contributed by atoms with Crippen LogP contribution in [0, 0.1) is 0 Å². The van der Waals surface area contributed by atoms with Crippen LogP contribution in [0.1, 0.15) is 21.9 Å². The summed E-state index contributed by atoms with van der Waals surface area (Å²) in [6.45, 7) is 0.103. The summed E-state index contributed by atoms with van der Waals surface area (Å²) in [5.41, 5.74) is 1.16. The highest BCUT2D eigenvalue weighted by Gasteiger charge is 2.35. The van der Waals surface area contributed by atoms with Crippen LogP contribution in [0.15, 0.2) is 79.3 Å². The van der Waals surface area contributed by atoms with E-state index in [0.29, 0.717) is 26.6 Å². The van der Waals surface area contributed by atoms with Crippen LogP contribution < -0.4 is 4.90 Å². The van der Waals surface area contributed by atoms with Gasteiger partial charge < -0.3 is 4.74 Å². The molecule has 0 fully saturated rings. The topological polar surface area (TPSA) is 85.3 Å². The molecule has 1 unspecified atom stereocenters. The van der Waals surface area contributed by atoms with E-state index >= 15 is 0 Å².